The number of halogens is 1. The first-order chi connectivity index (χ1) is 6.84. The van der Waals surface area contributed by atoms with Crippen molar-refractivity contribution in [2.45, 2.75) is 6.61 Å². The van der Waals surface area contributed by atoms with E-state index < -0.39 is 5.95 Å². The monoisotopic (exact) mass is 193 g/mol. The fourth-order valence-corrected chi connectivity index (χ4v) is 1.02. The van der Waals surface area contributed by atoms with Crippen molar-refractivity contribution < 1.29 is 13.5 Å². The van der Waals surface area contributed by atoms with Gasteiger partial charge < -0.3 is 9.15 Å². The van der Waals surface area contributed by atoms with Gasteiger partial charge in [0.05, 0.1) is 6.26 Å². The Balaban J connectivity index is 1.98. The zero-order valence-electron chi connectivity index (χ0n) is 7.31. The van der Waals surface area contributed by atoms with Crippen LogP contribution in [0.1, 0.15) is 5.76 Å². The molecule has 0 spiro atoms. The summed E-state index contributed by atoms with van der Waals surface area (Å²) >= 11 is 0. The van der Waals surface area contributed by atoms with E-state index in [2.05, 4.69) is 4.98 Å². The third kappa shape index (κ3) is 2.10. The van der Waals surface area contributed by atoms with Crippen LogP contribution in [0.5, 0.6) is 5.75 Å². The molecular formula is C10H8FNO2. The Morgan fingerprint density at radius 2 is 2.36 bits per heavy atom. The highest BCUT2D eigenvalue weighted by atomic mass is 19.1. The van der Waals surface area contributed by atoms with Crippen LogP contribution < -0.4 is 4.74 Å². The van der Waals surface area contributed by atoms with Gasteiger partial charge in [0, 0.05) is 12.3 Å². The van der Waals surface area contributed by atoms with Gasteiger partial charge in [0.15, 0.2) is 0 Å². The van der Waals surface area contributed by atoms with E-state index in [-0.39, 0.29) is 6.61 Å². The van der Waals surface area contributed by atoms with Crippen molar-refractivity contribution in [3.05, 3.63) is 48.4 Å². The second-order valence-electron chi connectivity index (χ2n) is 2.68. The zero-order valence-corrected chi connectivity index (χ0v) is 7.31. The predicted octanol–water partition coefficient (Wildman–Crippen LogP) is 2.39. The Morgan fingerprint density at radius 1 is 1.43 bits per heavy atom. The molecule has 2 aromatic heterocycles. The number of hydrogen-bond donors (Lipinski definition) is 0. The molecule has 0 amide bonds. The molecule has 2 rings (SSSR count). The maximum atomic E-state index is 12.6. The van der Waals surface area contributed by atoms with Crippen molar-refractivity contribution in [3.8, 4) is 5.75 Å². The van der Waals surface area contributed by atoms with E-state index >= 15 is 0 Å². The SMILES string of the molecule is Fc1cc(OCc2ccco2)ccn1. The quantitative estimate of drug-likeness (QED) is 0.702. The number of ether oxygens (including phenoxy) is 1. The van der Waals surface area contributed by atoms with Crippen LogP contribution in [0.3, 0.4) is 0 Å². The first-order valence-corrected chi connectivity index (χ1v) is 4.11. The minimum Gasteiger partial charge on any atom is -0.485 e. The van der Waals surface area contributed by atoms with Crippen molar-refractivity contribution in [3.63, 3.8) is 0 Å². The van der Waals surface area contributed by atoms with Crippen LogP contribution in [0, 0.1) is 5.95 Å². The minimum atomic E-state index is -0.554. The standard InChI is InChI=1S/C10H8FNO2/c11-10-6-8(3-4-12-10)14-7-9-2-1-5-13-9/h1-6H,7H2. The lowest BCUT2D eigenvalue weighted by molar-refractivity contribution is 0.268. The Morgan fingerprint density at radius 3 is 3.07 bits per heavy atom. The summed E-state index contributed by atoms with van der Waals surface area (Å²) in [5.41, 5.74) is 0. The molecular weight excluding hydrogens is 185 g/mol. The fourth-order valence-electron chi connectivity index (χ4n) is 1.02. The molecule has 0 aliphatic carbocycles. The summed E-state index contributed by atoms with van der Waals surface area (Å²) in [7, 11) is 0. The Bertz CT molecular complexity index is 400. The van der Waals surface area contributed by atoms with Gasteiger partial charge in [-0.05, 0) is 18.2 Å². The van der Waals surface area contributed by atoms with Crippen LogP contribution >= 0.6 is 0 Å². The Kier molecular flexibility index (Phi) is 2.44. The molecule has 4 heteroatoms. The summed E-state index contributed by atoms with van der Waals surface area (Å²) in [5, 5.41) is 0. The van der Waals surface area contributed by atoms with Crippen LogP contribution in [-0.2, 0) is 6.61 Å². The van der Waals surface area contributed by atoms with Crippen molar-refractivity contribution in [1.29, 1.82) is 0 Å². The zero-order chi connectivity index (χ0) is 9.80. The van der Waals surface area contributed by atoms with E-state index in [0.717, 1.165) is 0 Å². The number of aromatic nitrogens is 1. The van der Waals surface area contributed by atoms with Crippen LogP contribution in [-0.4, -0.2) is 4.98 Å². The van der Waals surface area contributed by atoms with Gasteiger partial charge in [0.2, 0.25) is 5.95 Å². The fraction of sp³-hybridized carbons (Fsp3) is 0.100. The van der Waals surface area contributed by atoms with Crippen LogP contribution in [0.25, 0.3) is 0 Å². The van der Waals surface area contributed by atoms with Gasteiger partial charge in [-0.1, -0.05) is 0 Å². The van der Waals surface area contributed by atoms with Crippen molar-refractivity contribution in [2.24, 2.45) is 0 Å². The molecule has 0 aromatic carbocycles. The van der Waals surface area contributed by atoms with Crippen molar-refractivity contribution in [1.82, 2.24) is 4.98 Å². The summed E-state index contributed by atoms with van der Waals surface area (Å²) in [5.74, 6) is 0.582. The normalized spacial score (nSPS) is 10.1. The maximum Gasteiger partial charge on any atom is 0.216 e. The molecule has 0 saturated carbocycles. The van der Waals surface area contributed by atoms with Crippen LogP contribution in [0.2, 0.25) is 0 Å². The molecule has 0 radical (unpaired) electrons. The number of rotatable bonds is 3. The van der Waals surface area contributed by atoms with Gasteiger partial charge >= 0.3 is 0 Å². The maximum absolute atomic E-state index is 12.6. The molecule has 0 bridgehead atoms. The average molecular weight is 193 g/mol. The third-order valence-corrected chi connectivity index (χ3v) is 1.66. The number of furan rings is 1. The minimum absolute atomic E-state index is 0.288. The second-order valence-corrected chi connectivity index (χ2v) is 2.68. The Hall–Kier alpha value is -1.84. The molecule has 0 aliphatic rings. The molecule has 0 saturated heterocycles. The van der Waals surface area contributed by atoms with E-state index in [1.54, 1.807) is 24.5 Å². The van der Waals surface area contributed by atoms with Gasteiger partial charge in [0.1, 0.15) is 18.1 Å². The number of nitrogens with zero attached hydrogens (tertiary/aromatic N) is 1. The van der Waals surface area contributed by atoms with Gasteiger partial charge in [-0.3, -0.25) is 0 Å². The molecule has 0 unspecified atom stereocenters. The largest absolute Gasteiger partial charge is 0.485 e. The topological polar surface area (TPSA) is 35.3 Å². The van der Waals surface area contributed by atoms with Gasteiger partial charge in [-0.15, -0.1) is 0 Å². The predicted molar refractivity (Wildman–Crippen MR) is 47.2 cm³/mol. The molecule has 3 nitrogen and oxygen atoms in total. The summed E-state index contributed by atoms with van der Waals surface area (Å²) < 4.78 is 22.9. The van der Waals surface area contributed by atoms with E-state index in [1.165, 1.54) is 12.3 Å². The van der Waals surface area contributed by atoms with E-state index in [0.29, 0.717) is 11.5 Å². The molecule has 72 valence electrons. The lowest BCUT2D eigenvalue weighted by Crippen LogP contribution is -1.94. The summed E-state index contributed by atoms with van der Waals surface area (Å²) in [6, 6.07) is 6.37. The molecule has 0 atom stereocenters. The van der Waals surface area contributed by atoms with E-state index in [4.69, 9.17) is 9.15 Å². The summed E-state index contributed by atoms with van der Waals surface area (Å²) in [6.07, 6.45) is 2.92. The second kappa shape index (κ2) is 3.91. The molecule has 0 fully saturated rings. The average Bonchev–Trinajstić information content (AvgIpc) is 2.67. The van der Waals surface area contributed by atoms with Gasteiger partial charge in [-0.2, -0.15) is 4.39 Å². The number of hydrogen-bond acceptors (Lipinski definition) is 3. The van der Waals surface area contributed by atoms with Gasteiger partial charge in [-0.25, -0.2) is 4.98 Å². The van der Waals surface area contributed by atoms with Crippen LogP contribution in [0.15, 0.2) is 41.1 Å². The highest BCUT2D eigenvalue weighted by Crippen LogP contribution is 2.12. The highest BCUT2D eigenvalue weighted by molar-refractivity contribution is 5.18. The first kappa shape index (κ1) is 8.74. The molecule has 0 N–H and O–H groups in total. The summed E-state index contributed by atoms with van der Waals surface area (Å²) in [6.45, 7) is 0.288. The number of pyridine rings is 1. The van der Waals surface area contributed by atoms with Gasteiger partial charge in [0.25, 0.3) is 0 Å². The van der Waals surface area contributed by atoms with E-state index in [1.807, 2.05) is 0 Å². The third-order valence-electron chi connectivity index (χ3n) is 1.66. The highest BCUT2D eigenvalue weighted by Gasteiger charge is 1.99. The Labute approximate surface area is 80.1 Å². The van der Waals surface area contributed by atoms with Crippen molar-refractivity contribution >= 4 is 0 Å². The van der Waals surface area contributed by atoms with Crippen molar-refractivity contribution in [2.75, 3.05) is 0 Å². The molecule has 2 aromatic rings. The molecule has 0 aliphatic heterocycles. The summed E-state index contributed by atoms with van der Waals surface area (Å²) in [4.78, 5) is 3.41. The van der Waals surface area contributed by atoms with E-state index in [9.17, 15) is 4.39 Å². The first-order valence-electron chi connectivity index (χ1n) is 4.11. The lowest BCUT2D eigenvalue weighted by atomic mass is 10.4. The van der Waals surface area contributed by atoms with Crippen LogP contribution in [0.4, 0.5) is 4.39 Å². The molecule has 2 heterocycles. The molecule has 14 heavy (non-hydrogen) atoms. The smallest absolute Gasteiger partial charge is 0.216 e. The lowest BCUT2D eigenvalue weighted by Gasteiger charge is -2.02.